The van der Waals surface area contributed by atoms with E-state index < -0.39 is 23.8 Å². The van der Waals surface area contributed by atoms with Gasteiger partial charge in [0.15, 0.2) is 0 Å². The van der Waals surface area contributed by atoms with Crippen molar-refractivity contribution in [1.29, 1.82) is 0 Å². The van der Waals surface area contributed by atoms with Gasteiger partial charge in [0.05, 0.1) is 17.9 Å². The first-order valence-corrected chi connectivity index (χ1v) is 5.26. The van der Waals surface area contributed by atoms with Crippen molar-refractivity contribution in [2.75, 3.05) is 0 Å². The van der Waals surface area contributed by atoms with Crippen molar-refractivity contribution in [3.63, 3.8) is 0 Å². The first kappa shape index (κ1) is 13.1. The number of rotatable bonds is 2. The smallest absolute Gasteiger partial charge is 0.416 e. The van der Waals surface area contributed by atoms with Crippen LogP contribution in [0, 0.1) is 0 Å². The number of hydrogen-bond acceptors (Lipinski definition) is 4. The summed E-state index contributed by atoms with van der Waals surface area (Å²) in [5.41, 5.74) is -1.48. The van der Waals surface area contributed by atoms with E-state index >= 15 is 0 Å². The molecule has 1 unspecified atom stereocenters. The first-order valence-electron chi connectivity index (χ1n) is 5.26. The van der Waals surface area contributed by atoms with Gasteiger partial charge >= 0.3 is 6.18 Å². The number of aliphatic imine (C=N–C) groups is 1. The molecule has 19 heavy (non-hydrogen) atoms. The van der Waals surface area contributed by atoms with E-state index in [-0.39, 0.29) is 11.1 Å². The molecule has 7 heteroatoms. The molecule has 4 nitrogen and oxygen atoms in total. The van der Waals surface area contributed by atoms with Gasteiger partial charge in [-0.1, -0.05) is 18.2 Å². The molecule has 1 aliphatic rings. The molecule has 0 fully saturated rings. The summed E-state index contributed by atoms with van der Waals surface area (Å²) in [6.07, 6.45) is -2.36. The van der Waals surface area contributed by atoms with Crippen molar-refractivity contribution >= 4 is 12.3 Å². The van der Waals surface area contributed by atoms with Crippen molar-refractivity contribution in [1.82, 2.24) is 5.32 Å². The quantitative estimate of drug-likeness (QED) is 0.871. The van der Waals surface area contributed by atoms with Gasteiger partial charge in [-0.25, -0.2) is 0 Å². The minimum Gasteiger partial charge on any atom is -0.545 e. The number of hydrogen-bond donors (Lipinski definition) is 1. The number of carboxylic acids is 1. The maximum Gasteiger partial charge on any atom is 0.416 e. The van der Waals surface area contributed by atoms with Crippen LogP contribution in [0.5, 0.6) is 0 Å². The van der Waals surface area contributed by atoms with Crippen LogP contribution in [-0.2, 0) is 11.0 Å². The molecule has 1 aromatic carbocycles. The molecule has 2 rings (SSSR count). The second kappa shape index (κ2) is 4.75. The summed E-state index contributed by atoms with van der Waals surface area (Å²) in [6.45, 7) is 0. The molecule has 100 valence electrons. The van der Waals surface area contributed by atoms with Crippen molar-refractivity contribution in [3.8, 4) is 0 Å². The molecule has 0 radical (unpaired) electrons. The Morgan fingerprint density at radius 2 is 2.00 bits per heavy atom. The molecule has 0 saturated carbocycles. The predicted octanol–water partition coefficient (Wildman–Crippen LogP) is 1.01. The zero-order chi connectivity index (χ0) is 14.0. The van der Waals surface area contributed by atoms with Gasteiger partial charge in [0.2, 0.25) is 0 Å². The number of nitrogens with zero attached hydrogens (tertiary/aromatic N) is 1. The maximum atomic E-state index is 12.9. The fourth-order valence-electron chi connectivity index (χ4n) is 1.82. The highest BCUT2D eigenvalue weighted by molar-refractivity contribution is 5.88. The number of nitrogens with one attached hydrogen (secondary N) is 1. The lowest BCUT2D eigenvalue weighted by Gasteiger charge is -2.23. The van der Waals surface area contributed by atoms with Crippen LogP contribution in [-0.4, -0.2) is 12.3 Å². The zero-order valence-corrected chi connectivity index (χ0v) is 9.44. The van der Waals surface area contributed by atoms with Gasteiger partial charge in [0.1, 0.15) is 6.04 Å². The van der Waals surface area contributed by atoms with Crippen LogP contribution >= 0.6 is 0 Å². The van der Waals surface area contributed by atoms with Crippen molar-refractivity contribution in [2.45, 2.75) is 12.2 Å². The molecule has 1 aromatic rings. The molecule has 0 aliphatic carbocycles. The zero-order valence-electron chi connectivity index (χ0n) is 9.44. The largest absolute Gasteiger partial charge is 0.545 e. The van der Waals surface area contributed by atoms with E-state index in [1.807, 2.05) is 0 Å². The number of aliphatic carboxylic acids is 1. The number of carboxylic acid groups (broad SMARTS) is 1. The van der Waals surface area contributed by atoms with Crippen LogP contribution in [0.15, 0.2) is 41.0 Å². The standard InChI is InChI=1S/C12H9F3N2O2/c13-12(14,15)9-4-2-1-3-7(9)10-8(11(18)19)5-16-6-17-10/h1-6,10H,(H,16,17)(H,18,19)/p-1. The van der Waals surface area contributed by atoms with Crippen molar-refractivity contribution < 1.29 is 23.1 Å². The molecule has 0 bridgehead atoms. The highest BCUT2D eigenvalue weighted by Crippen LogP contribution is 2.38. The highest BCUT2D eigenvalue weighted by Gasteiger charge is 2.36. The molecule has 0 spiro atoms. The fraction of sp³-hybridized carbons (Fsp3) is 0.167. The predicted molar refractivity (Wildman–Crippen MR) is 58.9 cm³/mol. The summed E-state index contributed by atoms with van der Waals surface area (Å²) < 4.78 is 38.6. The third-order valence-corrected chi connectivity index (χ3v) is 2.63. The van der Waals surface area contributed by atoms with Gasteiger partial charge in [0, 0.05) is 11.8 Å². The second-order valence-corrected chi connectivity index (χ2v) is 3.82. The molecule has 1 heterocycles. The van der Waals surface area contributed by atoms with Crippen molar-refractivity contribution in [2.24, 2.45) is 4.99 Å². The Balaban J connectivity index is 2.52. The fourth-order valence-corrected chi connectivity index (χ4v) is 1.82. The summed E-state index contributed by atoms with van der Waals surface area (Å²) in [5, 5.41) is 13.3. The molecule has 1 atom stereocenters. The van der Waals surface area contributed by atoms with E-state index in [4.69, 9.17) is 0 Å². The third kappa shape index (κ3) is 2.59. The van der Waals surface area contributed by atoms with E-state index in [0.717, 1.165) is 18.6 Å². The first-order chi connectivity index (χ1) is 8.91. The topological polar surface area (TPSA) is 64.5 Å². The molecular weight excluding hydrogens is 261 g/mol. The lowest BCUT2D eigenvalue weighted by molar-refractivity contribution is -0.299. The van der Waals surface area contributed by atoms with E-state index in [2.05, 4.69) is 10.3 Å². The Morgan fingerprint density at radius 3 is 2.63 bits per heavy atom. The number of alkyl halides is 3. The highest BCUT2D eigenvalue weighted by atomic mass is 19.4. The van der Waals surface area contributed by atoms with Crippen LogP contribution < -0.4 is 10.4 Å². The van der Waals surface area contributed by atoms with Gasteiger partial charge in [-0.15, -0.1) is 0 Å². The summed E-state index contributed by atoms with van der Waals surface area (Å²) >= 11 is 0. The van der Waals surface area contributed by atoms with Gasteiger partial charge in [0.25, 0.3) is 0 Å². The molecule has 1 aliphatic heterocycles. The Kier molecular flexibility index (Phi) is 3.28. The summed E-state index contributed by atoms with van der Waals surface area (Å²) in [5.74, 6) is -1.56. The van der Waals surface area contributed by atoms with Gasteiger partial charge in [-0.05, 0) is 11.6 Å². The van der Waals surface area contributed by atoms with E-state index in [1.54, 1.807) is 0 Å². The summed E-state index contributed by atoms with van der Waals surface area (Å²) in [7, 11) is 0. The summed E-state index contributed by atoms with van der Waals surface area (Å²) in [4.78, 5) is 14.7. The molecule has 0 amide bonds. The lowest BCUT2D eigenvalue weighted by atomic mass is 9.94. The maximum absolute atomic E-state index is 12.9. The van der Waals surface area contributed by atoms with E-state index in [1.165, 1.54) is 18.2 Å². The Bertz CT molecular complexity index is 564. The van der Waals surface area contributed by atoms with E-state index in [0.29, 0.717) is 0 Å². The second-order valence-electron chi connectivity index (χ2n) is 3.82. The number of benzene rings is 1. The summed E-state index contributed by atoms with van der Waals surface area (Å²) in [6, 6.07) is 3.49. The Hall–Kier alpha value is -2.31. The number of halogens is 3. The minimum absolute atomic E-state index is 0.219. The molecule has 1 N–H and O–H groups in total. The van der Waals surface area contributed by atoms with Crippen LogP contribution in [0.2, 0.25) is 0 Å². The Morgan fingerprint density at radius 1 is 1.32 bits per heavy atom. The van der Waals surface area contributed by atoms with Crippen LogP contribution in [0.4, 0.5) is 13.2 Å². The molecule has 0 saturated heterocycles. The third-order valence-electron chi connectivity index (χ3n) is 2.63. The van der Waals surface area contributed by atoms with Crippen LogP contribution in [0.25, 0.3) is 0 Å². The monoisotopic (exact) mass is 269 g/mol. The lowest BCUT2D eigenvalue weighted by Crippen LogP contribution is -2.31. The number of carbonyl (C=O) groups is 1. The number of carbonyl (C=O) groups excluding carboxylic acids is 1. The van der Waals surface area contributed by atoms with Gasteiger partial charge < -0.3 is 15.2 Å². The SMILES string of the molecule is O=C([O-])C1=CNC=NC1c1ccccc1C(F)(F)F. The Labute approximate surface area is 106 Å². The van der Waals surface area contributed by atoms with Crippen LogP contribution in [0.1, 0.15) is 17.2 Å². The van der Waals surface area contributed by atoms with E-state index in [9.17, 15) is 23.1 Å². The molecule has 0 aromatic heterocycles. The normalized spacial score (nSPS) is 18.7. The van der Waals surface area contributed by atoms with Crippen molar-refractivity contribution in [3.05, 3.63) is 47.2 Å². The molecular formula is C12H8F3N2O2-. The van der Waals surface area contributed by atoms with Gasteiger partial charge in [-0.2, -0.15) is 13.2 Å². The minimum atomic E-state index is -4.58. The van der Waals surface area contributed by atoms with Crippen LogP contribution in [0.3, 0.4) is 0 Å². The van der Waals surface area contributed by atoms with Gasteiger partial charge in [-0.3, -0.25) is 4.99 Å². The average Bonchev–Trinajstić information content (AvgIpc) is 2.37. The average molecular weight is 269 g/mol.